The normalized spacial score (nSPS) is 16.2. The van der Waals surface area contributed by atoms with Crippen LogP contribution in [-0.2, 0) is 4.74 Å². The Morgan fingerprint density at radius 2 is 1.85 bits per heavy atom. The van der Waals surface area contributed by atoms with E-state index in [-0.39, 0.29) is 6.04 Å². The van der Waals surface area contributed by atoms with Crippen LogP contribution in [0.15, 0.2) is 63.6 Å². The van der Waals surface area contributed by atoms with Gasteiger partial charge < -0.3 is 19.5 Å². The summed E-state index contributed by atoms with van der Waals surface area (Å²) in [6, 6.07) is 16.4. The van der Waals surface area contributed by atoms with E-state index < -0.39 is 0 Å². The van der Waals surface area contributed by atoms with Gasteiger partial charge in [-0.2, -0.15) is 4.98 Å². The van der Waals surface area contributed by atoms with E-state index in [0.717, 1.165) is 35.4 Å². The predicted octanol–water partition coefficient (Wildman–Crippen LogP) is 5.86. The molecule has 1 N–H and O–H groups in total. The van der Waals surface area contributed by atoms with E-state index in [1.54, 1.807) is 11.8 Å². The van der Waals surface area contributed by atoms with Crippen molar-refractivity contribution in [3.8, 4) is 11.4 Å². The molecule has 34 heavy (non-hydrogen) atoms. The molecule has 3 aromatic rings. The van der Waals surface area contributed by atoms with E-state index in [0.29, 0.717) is 30.0 Å². The van der Waals surface area contributed by atoms with Gasteiger partial charge in [-0.1, -0.05) is 47.1 Å². The fourth-order valence-corrected chi connectivity index (χ4v) is 4.75. The number of allylic oxidation sites excluding steroid dienone is 1. The number of benzene rings is 2. The van der Waals surface area contributed by atoms with Crippen LogP contribution in [0.1, 0.15) is 43.3 Å². The summed E-state index contributed by atoms with van der Waals surface area (Å²) in [6.45, 7) is 8.28. The van der Waals surface area contributed by atoms with Gasteiger partial charge >= 0.3 is 0 Å². The molecular weight excluding hydrogens is 464 g/mol. The van der Waals surface area contributed by atoms with Crippen LogP contribution in [0.2, 0.25) is 0 Å². The molecule has 0 saturated carbocycles. The Hall–Kier alpha value is -2.68. The minimum absolute atomic E-state index is 0.183. The van der Waals surface area contributed by atoms with E-state index in [4.69, 9.17) is 26.5 Å². The van der Waals surface area contributed by atoms with Crippen LogP contribution in [-0.4, -0.2) is 46.2 Å². The standard InChI is InChI=1S/C26H30N4O2S2/c1-5-31-16-6-15-30-18(3)22(23(27-26(30)33)19-11-13-21(34-4)14-12-19)25-28-24(29-32-25)20-9-7-17(2)8-10-20/h7-14,23H,5-6,15-16H2,1-4H3,(H,27,33). The fourth-order valence-electron chi connectivity index (χ4n) is 4.00. The third kappa shape index (κ3) is 5.35. The number of hydrogen-bond acceptors (Lipinski definition) is 6. The molecular formula is C26H30N4O2S2. The van der Waals surface area contributed by atoms with Gasteiger partial charge in [-0.15, -0.1) is 11.8 Å². The van der Waals surface area contributed by atoms with Gasteiger partial charge in [0.15, 0.2) is 5.11 Å². The highest BCUT2D eigenvalue weighted by molar-refractivity contribution is 7.98. The van der Waals surface area contributed by atoms with Gasteiger partial charge in [-0.25, -0.2) is 0 Å². The van der Waals surface area contributed by atoms with Gasteiger partial charge in [0.05, 0.1) is 11.6 Å². The monoisotopic (exact) mass is 494 g/mol. The number of rotatable bonds is 9. The number of nitrogens with zero attached hydrogens (tertiary/aromatic N) is 3. The van der Waals surface area contributed by atoms with Crippen molar-refractivity contribution in [1.82, 2.24) is 20.4 Å². The van der Waals surface area contributed by atoms with Crippen LogP contribution in [0.5, 0.6) is 0 Å². The minimum Gasteiger partial charge on any atom is -0.382 e. The first-order valence-electron chi connectivity index (χ1n) is 11.4. The Kier molecular flexibility index (Phi) is 8.03. The van der Waals surface area contributed by atoms with Crippen LogP contribution >= 0.6 is 24.0 Å². The molecule has 4 rings (SSSR count). The van der Waals surface area contributed by atoms with Crippen LogP contribution in [0.3, 0.4) is 0 Å². The van der Waals surface area contributed by atoms with Gasteiger partial charge in [0.2, 0.25) is 5.82 Å². The summed E-state index contributed by atoms with van der Waals surface area (Å²) in [6.07, 6.45) is 2.94. The van der Waals surface area contributed by atoms with Crippen molar-refractivity contribution >= 4 is 34.7 Å². The second kappa shape index (κ2) is 11.2. The van der Waals surface area contributed by atoms with E-state index in [9.17, 15) is 0 Å². The highest BCUT2D eigenvalue weighted by Gasteiger charge is 2.33. The highest BCUT2D eigenvalue weighted by atomic mass is 32.2. The third-order valence-electron chi connectivity index (χ3n) is 5.89. The predicted molar refractivity (Wildman–Crippen MR) is 142 cm³/mol. The van der Waals surface area contributed by atoms with E-state index >= 15 is 0 Å². The summed E-state index contributed by atoms with van der Waals surface area (Å²) in [4.78, 5) is 8.10. The lowest BCUT2D eigenvalue weighted by molar-refractivity contribution is 0.141. The van der Waals surface area contributed by atoms with Gasteiger partial charge in [-0.3, -0.25) is 0 Å². The lowest BCUT2D eigenvalue weighted by atomic mass is 9.95. The Balaban J connectivity index is 1.72. The molecule has 1 aliphatic rings. The van der Waals surface area contributed by atoms with Crippen molar-refractivity contribution < 1.29 is 9.26 Å². The molecule has 1 aromatic heterocycles. The molecule has 1 atom stereocenters. The average molecular weight is 495 g/mol. The minimum atomic E-state index is -0.183. The summed E-state index contributed by atoms with van der Waals surface area (Å²) in [5.74, 6) is 1.07. The third-order valence-corrected chi connectivity index (χ3v) is 6.97. The summed E-state index contributed by atoms with van der Waals surface area (Å²) in [5, 5.41) is 8.50. The maximum atomic E-state index is 5.82. The van der Waals surface area contributed by atoms with Crippen molar-refractivity contribution in [2.45, 2.75) is 38.1 Å². The highest BCUT2D eigenvalue weighted by Crippen LogP contribution is 2.38. The molecule has 0 fully saturated rings. The molecule has 0 aliphatic carbocycles. The Bertz CT molecular complexity index is 1160. The van der Waals surface area contributed by atoms with Crippen molar-refractivity contribution in [2.24, 2.45) is 0 Å². The zero-order valence-electron chi connectivity index (χ0n) is 20.0. The van der Waals surface area contributed by atoms with Crippen molar-refractivity contribution in [2.75, 3.05) is 26.0 Å². The van der Waals surface area contributed by atoms with Crippen LogP contribution in [0.4, 0.5) is 0 Å². The second-order valence-electron chi connectivity index (χ2n) is 8.15. The average Bonchev–Trinajstić information content (AvgIpc) is 3.33. The number of hydrogen-bond donors (Lipinski definition) is 1. The molecule has 2 aromatic carbocycles. The molecule has 0 amide bonds. The van der Waals surface area contributed by atoms with Crippen molar-refractivity contribution in [3.05, 3.63) is 71.2 Å². The Morgan fingerprint density at radius 1 is 1.12 bits per heavy atom. The SMILES string of the molecule is CCOCCCN1C(=S)NC(c2ccc(SC)cc2)C(c2nc(-c3ccc(C)cc3)no2)=C1C. The second-order valence-corrected chi connectivity index (χ2v) is 9.41. The first kappa shape index (κ1) is 24.4. The van der Waals surface area contributed by atoms with Crippen LogP contribution in [0.25, 0.3) is 17.0 Å². The number of thiocarbonyl (C=S) groups is 1. The van der Waals surface area contributed by atoms with E-state index in [1.807, 2.05) is 31.2 Å². The zero-order chi connectivity index (χ0) is 24.1. The van der Waals surface area contributed by atoms with Crippen LogP contribution < -0.4 is 5.32 Å². The number of aryl methyl sites for hydroxylation is 1. The first-order valence-corrected chi connectivity index (χ1v) is 13.1. The molecule has 0 radical (unpaired) electrons. The molecule has 0 saturated heterocycles. The topological polar surface area (TPSA) is 63.4 Å². The van der Waals surface area contributed by atoms with E-state index in [1.165, 1.54) is 10.5 Å². The molecule has 8 heteroatoms. The lowest BCUT2D eigenvalue weighted by Gasteiger charge is -2.37. The van der Waals surface area contributed by atoms with Gasteiger partial charge in [-0.05, 0) is 63.4 Å². The summed E-state index contributed by atoms with van der Waals surface area (Å²) < 4.78 is 11.4. The first-order chi connectivity index (χ1) is 16.5. The number of thioether (sulfide) groups is 1. The summed E-state index contributed by atoms with van der Waals surface area (Å²) >= 11 is 7.49. The van der Waals surface area contributed by atoms with Crippen LogP contribution in [0, 0.1) is 6.92 Å². The number of nitrogens with one attached hydrogen (secondary N) is 1. The Labute approximate surface area is 210 Å². The van der Waals surface area contributed by atoms with Crippen molar-refractivity contribution in [1.29, 1.82) is 0 Å². The van der Waals surface area contributed by atoms with Gasteiger partial charge in [0.1, 0.15) is 0 Å². The summed E-state index contributed by atoms with van der Waals surface area (Å²) in [5.41, 5.74) is 5.16. The molecule has 0 spiro atoms. The zero-order valence-corrected chi connectivity index (χ0v) is 21.6. The molecule has 1 aliphatic heterocycles. The van der Waals surface area contributed by atoms with Gasteiger partial charge in [0.25, 0.3) is 5.89 Å². The molecule has 2 heterocycles. The summed E-state index contributed by atoms with van der Waals surface area (Å²) in [7, 11) is 0. The quantitative estimate of drug-likeness (QED) is 0.226. The van der Waals surface area contributed by atoms with Crippen molar-refractivity contribution in [3.63, 3.8) is 0 Å². The van der Waals surface area contributed by atoms with Gasteiger partial charge in [0, 0.05) is 35.9 Å². The molecule has 6 nitrogen and oxygen atoms in total. The maximum Gasteiger partial charge on any atom is 0.258 e. The molecule has 178 valence electrons. The molecule has 1 unspecified atom stereocenters. The molecule has 0 bridgehead atoms. The lowest BCUT2D eigenvalue weighted by Crippen LogP contribution is -2.46. The largest absolute Gasteiger partial charge is 0.382 e. The number of aromatic nitrogens is 2. The smallest absolute Gasteiger partial charge is 0.258 e. The maximum absolute atomic E-state index is 5.82. The van der Waals surface area contributed by atoms with E-state index in [2.05, 4.69) is 59.7 Å². The fraction of sp³-hybridized carbons (Fsp3) is 0.346. The number of ether oxygens (including phenoxy) is 1. The Morgan fingerprint density at radius 3 is 2.53 bits per heavy atom.